The Labute approximate surface area is 126 Å². The second-order valence-electron chi connectivity index (χ2n) is 5.23. The Kier molecular flexibility index (Phi) is 4.55. The van der Waals surface area contributed by atoms with E-state index in [9.17, 15) is 0 Å². The molecule has 1 aliphatic heterocycles. The zero-order valence-electron chi connectivity index (χ0n) is 12.0. The number of piperidine rings is 1. The predicted octanol–water partition coefficient (Wildman–Crippen LogP) is 3.22. The van der Waals surface area contributed by atoms with Crippen LogP contribution in [0.3, 0.4) is 0 Å². The van der Waals surface area contributed by atoms with E-state index in [0.29, 0.717) is 6.10 Å². The van der Waals surface area contributed by atoms with Gasteiger partial charge in [0.05, 0.1) is 0 Å². The molecule has 0 aromatic heterocycles. The zero-order valence-corrected chi connectivity index (χ0v) is 12.0. The van der Waals surface area contributed by atoms with Gasteiger partial charge in [0.25, 0.3) is 0 Å². The number of hydrogen-bond donors (Lipinski definition) is 1. The van der Waals surface area contributed by atoms with Crippen molar-refractivity contribution in [2.45, 2.75) is 18.9 Å². The number of ether oxygens (including phenoxy) is 1. The van der Waals surface area contributed by atoms with Gasteiger partial charge in [-0.3, -0.25) is 0 Å². The van der Waals surface area contributed by atoms with Crippen molar-refractivity contribution in [3.63, 3.8) is 0 Å². The lowest BCUT2D eigenvalue weighted by atomic mass is 10.1. The van der Waals surface area contributed by atoms with Crippen molar-refractivity contribution in [1.82, 2.24) is 5.32 Å². The van der Waals surface area contributed by atoms with Crippen LogP contribution in [0, 0.1) is 11.8 Å². The Hall–Kier alpha value is -2.24. The molecule has 0 spiro atoms. The van der Waals surface area contributed by atoms with Gasteiger partial charge in [0, 0.05) is 17.7 Å². The molecule has 0 saturated carbocycles. The summed E-state index contributed by atoms with van der Waals surface area (Å²) in [6.07, 6.45) is 2.61. The summed E-state index contributed by atoms with van der Waals surface area (Å²) in [5.41, 5.74) is 2.04. The van der Waals surface area contributed by atoms with Crippen molar-refractivity contribution in [2.75, 3.05) is 13.1 Å². The highest BCUT2D eigenvalue weighted by Gasteiger charge is 2.13. The van der Waals surface area contributed by atoms with Crippen LogP contribution in [-0.4, -0.2) is 19.2 Å². The molecule has 2 aromatic rings. The van der Waals surface area contributed by atoms with Crippen LogP contribution in [0.2, 0.25) is 0 Å². The Bertz CT molecular complexity index is 616. The number of nitrogens with one attached hydrogen (secondary N) is 1. The maximum atomic E-state index is 5.96. The van der Waals surface area contributed by atoms with E-state index in [1.165, 1.54) is 6.42 Å². The van der Waals surface area contributed by atoms with Crippen molar-refractivity contribution in [1.29, 1.82) is 0 Å². The van der Waals surface area contributed by atoms with Gasteiger partial charge in [-0.25, -0.2) is 0 Å². The Morgan fingerprint density at radius 1 is 0.905 bits per heavy atom. The molecule has 2 heteroatoms. The van der Waals surface area contributed by atoms with Gasteiger partial charge in [-0.1, -0.05) is 30.0 Å². The van der Waals surface area contributed by atoms with E-state index in [1.54, 1.807) is 0 Å². The van der Waals surface area contributed by atoms with Crippen LogP contribution >= 0.6 is 0 Å². The Morgan fingerprint density at radius 3 is 2.29 bits per heavy atom. The molecule has 0 bridgehead atoms. The summed E-state index contributed by atoms with van der Waals surface area (Å²) in [6, 6.07) is 18.1. The molecule has 1 heterocycles. The van der Waals surface area contributed by atoms with Gasteiger partial charge < -0.3 is 10.1 Å². The summed E-state index contributed by atoms with van der Waals surface area (Å²) in [5.74, 6) is 7.26. The van der Waals surface area contributed by atoms with Crippen molar-refractivity contribution < 1.29 is 4.74 Å². The summed E-state index contributed by atoms with van der Waals surface area (Å²) in [7, 11) is 0. The van der Waals surface area contributed by atoms with Crippen LogP contribution in [0.15, 0.2) is 54.6 Å². The molecule has 1 aliphatic rings. The number of rotatable bonds is 2. The minimum Gasteiger partial charge on any atom is -0.489 e. The lowest BCUT2D eigenvalue weighted by molar-refractivity contribution is 0.167. The highest BCUT2D eigenvalue weighted by Crippen LogP contribution is 2.16. The summed E-state index contributed by atoms with van der Waals surface area (Å²) >= 11 is 0. The fourth-order valence-corrected chi connectivity index (χ4v) is 2.40. The minimum atomic E-state index is 0.292. The van der Waals surface area contributed by atoms with E-state index < -0.39 is 0 Å². The number of hydrogen-bond acceptors (Lipinski definition) is 2. The molecular weight excluding hydrogens is 258 g/mol. The lowest BCUT2D eigenvalue weighted by Crippen LogP contribution is -2.37. The largest absolute Gasteiger partial charge is 0.489 e. The molecule has 1 saturated heterocycles. The first-order chi connectivity index (χ1) is 10.4. The molecule has 2 nitrogen and oxygen atoms in total. The SMILES string of the molecule is C(#Cc1ccc(OC2CCCNC2)cc1)c1ccccc1. The van der Waals surface area contributed by atoms with Crippen molar-refractivity contribution >= 4 is 0 Å². The van der Waals surface area contributed by atoms with Crippen LogP contribution in [0.4, 0.5) is 0 Å². The van der Waals surface area contributed by atoms with Crippen molar-refractivity contribution in [3.05, 3.63) is 65.7 Å². The lowest BCUT2D eigenvalue weighted by Gasteiger charge is -2.23. The monoisotopic (exact) mass is 277 g/mol. The molecule has 0 radical (unpaired) electrons. The topological polar surface area (TPSA) is 21.3 Å². The molecule has 0 amide bonds. The molecule has 1 fully saturated rings. The van der Waals surface area contributed by atoms with Crippen LogP contribution in [0.25, 0.3) is 0 Å². The van der Waals surface area contributed by atoms with Gasteiger partial charge in [-0.2, -0.15) is 0 Å². The fourth-order valence-electron chi connectivity index (χ4n) is 2.40. The Morgan fingerprint density at radius 2 is 1.62 bits per heavy atom. The third-order valence-electron chi connectivity index (χ3n) is 3.53. The maximum Gasteiger partial charge on any atom is 0.119 e. The molecule has 1 unspecified atom stereocenters. The average Bonchev–Trinajstić information content (AvgIpc) is 2.56. The standard InChI is InChI=1S/C19H19NO/c1-2-5-16(6-3-1)8-9-17-10-12-18(13-11-17)21-19-7-4-14-20-15-19/h1-3,5-6,10-13,19-20H,4,7,14-15H2. The van der Waals surface area contributed by atoms with Gasteiger partial charge in [0.2, 0.25) is 0 Å². The van der Waals surface area contributed by atoms with Gasteiger partial charge in [-0.15, -0.1) is 0 Å². The zero-order chi connectivity index (χ0) is 14.3. The van der Waals surface area contributed by atoms with E-state index in [4.69, 9.17) is 4.74 Å². The first-order valence-corrected chi connectivity index (χ1v) is 7.45. The Balaban J connectivity index is 1.63. The van der Waals surface area contributed by atoms with Gasteiger partial charge in [0.1, 0.15) is 11.9 Å². The molecule has 1 N–H and O–H groups in total. The minimum absolute atomic E-state index is 0.292. The second-order valence-corrected chi connectivity index (χ2v) is 5.23. The summed E-state index contributed by atoms with van der Waals surface area (Å²) in [4.78, 5) is 0. The second kappa shape index (κ2) is 6.97. The first kappa shape index (κ1) is 13.7. The summed E-state index contributed by atoms with van der Waals surface area (Å²) < 4.78 is 5.96. The smallest absolute Gasteiger partial charge is 0.119 e. The normalized spacial score (nSPS) is 17.6. The van der Waals surface area contributed by atoms with Crippen LogP contribution in [0.5, 0.6) is 5.75 Å². The van der Waals surface area contributed by atoms with E-state index in [2.05, 4.69) is 17.2 Å². The number of benzene rings is 2. The highest BCUT2D eigenvalue weighted by atomic mass is 16.5. The van der Waals surface area contributed by atoms with Crippen molar-refractivity contribution in [3.8, 4) is 17.6 Å². The summed E-state index contributed by atoms with van der Waals surface area (Å²) in [6.45, 7) is 2.05. The van der Waals surface area contributed by atoms with E-state index >= 15 is 0 Å². The average molecular weight is 277 g/mol. The van der Waals surface area contributed by atoms with Crippen molar-refractivity contribution in [2.24, 2.45) is 0 Å². The molecule has 3 rings (SSSR count). The molecule has 0 aliphatic carbocycles. The molecule has 21 heavy (non-hydrogen) atoms. The molecular formula is C19H19NO. The van der Waals surface area contributed by atoms with E-state index in [-0.39, 0.29) is 0 Å². The van der Waals surface area contributed by atoms with Crippen LogP contribution in [-0.2, 0) is 0 Å². The summed E-state index contributed by atoms with van der Waals surface area (Å²) in [5, 5.41) is 3.36. The third kappa shape index (κ3) is 4.11. The molecule has 106 valence electrons. The van der Waals surface area contributed by atoms with Crippen LogP contribution in [0.1, 0.15) is 24.0 Å². The first-order valence-electron chi connectivity index (χ1n) is 7.45. The van der Waals surface area contributed by atoms with Gasteiger partial charge in [-0.05, 0) is 55.8 Å². The molecule has 1 atom stereocenters. The fraction of sp³-hybridized carbons (Fsp3) is 0.263. The van der Waals surface area contributed by atoms with Gasteiger partial charge >= 0.3 is 0 Å². The quantitative estimate of drug-likeness (QED) is 0.851. The highest BCUT2D eigenvalue weighted by molar-refractivity contribution is 5.44. The predicted molar refractivity (Wildman–Crippen MR) is 85.4 cm³/mol. The third-order valence-corrected chi connectivity index (χ3v) is 3.53. The maximum absolute atomic E-state index is 5.96. The van der Waals surface area contributed by atoms with E-state index in [1.807, 2.05) is 54.6 Å². The van der Waals surface area contributed by atoms with Crippen LogP contribution < -0.4 is 10.1 Å². The van der Waals surface area contributed by atoms with E-state index in [0.717, 1.165) is 36.4 Å². The van der Waals surface area contributed by atoms with Gasteiger partial charge in [0.15, 0.2) is 0 Å². The molecule has 2 aromatic carbocycles.